The van der Waals surface area contributed by atoms with Gasteiger partial charge >= 0.3 is 0 Å². The minimum atomic E-state index is 0.803. The zero-order chi connectivity index (χ0) is 12.5. The normalized spacial score (nSPS) is 18.2. The van der Waals surface area contributed by atoms with Crippen LogP contribution in [0.15, 0.2) is 11.6 Å². The molecule has 1 aliphatic carbocycles. The van der Waals surface area contributed by atoms with E-state index in [2.05, 4.69) is 32.2 Å². The molecule has 1 nitrogen and oxygen atoms in total. The zero-order valence-corrected chi connectivity index (χ0v) is 12.1. The second kappa shape index (κ2) is 8.74. The lowest BCUT2D eigenvalue weighted by atomic mass is 9.78. The predicted molar refractivity (Wildman–Crippen MR) is 77.3 cm³/mol. The third-order valence-corrected chi connectivity index (χ3v) is 4.21. The lowest BCUT2D eigenvalue weighted by molar-refractivity contribution is 0.329. The van der Waals surface area contributed by atoms with E-state index in [1.807, 2.05) is 0 Å². The summed E-state index contributed by atoms with van der Waals surface area (Å²) in [5.41, 5.74) is 1.76. The molecule has 0 heterocycles. The Labute approximate surface area is 108 Å². The van der Waals surface area contributed by atoms with Crippen molar-refractivity contribution in [3.8, 4) is 0 Å². The van der Waals surface area contributed by atoms with Crippen LogP contribution in [0.1, 0.15) is 65.7 Å². The van der Waals surface area contributed by atoms with Crippen molar-refractivity contribution in [1.29, 1.82) is 0 Å². The Kier molecular flexibility index (Phi) is 7.59. The smallest absolute Gasteiger partial charge is 0.00195 e. The number of hydrogen-bond donors (Lipinski definition) is 1. The molecule has 0 aliphatic heterocycles. The molecular formula is C16H31N. The fraction of sp³-hybridized carbons (Fsp3) is 0.875. The van der Waals surface area contributed by atoms with E-state index in [-0.39, 0.29) is 0 Å². The maximum absolute atomic E-state index is 3.64. The summed E-state index contributed by atoms with van der Waals surface area (Å²) in [6.07, 6.45) is 11.9. The van der Waals surface area contributed by atoms with Gasteiger partial charge in [-0.1, -0.05) is 45.3 Å². The molecule has 1 heteroatoms. The topological polar surface area (TPSA) is 12.0 Å². The highest BCUT2D eigenvalue weighted by Crippen LogP contribution is 2.32. The summed E-state index contributed by atoms with van der Waals surface area (Å²) < 4.78 is 0. The summed E-state index contributed by atoms with van der Waals surface area (Å²) >= 11 is 0. The van der Waals surface area contributed by atoms with Crippen molar-refractivity contribution in [3.05, 3.63) is 11.6 Å². The summed E-state index contributed by atoms with van der Waals surface area (Å²) in [5.74, 6) is 1.68. The van der Waals surface area contributed by atoms with E-state index in [1.165, 1.54) is 58.0 Å². The van der Waals surface area contributed by atoms with Crippen molar-refractivity contribution in [2.45, 2.75) is 65.7 Å². The van der Waals surface area contributed by atoms with Gasteiger partial charge in [0.15, 0.2) is 0 Å². The number of nitrogens with one attached hydrogen (secondary N) is 1. The van der Waals surface area contributed by atoms with Crippen LogP contribution in [0.2, 0.25) is 0 Å². The molecule has 0 bridgehead atoms. The second-order valence-corrected chi connectivity index (χ2v) is 5.41. The fourth-order valence-corrected chi connectivity index (χ4v) is 3.09. The van der Waals surface area contributed by atoms with E-state index in [1.54, 1.807) is 5.57 Å². The predicted octanol–water partition coefficient (Wildman–Crippen LogP) is 4.54. The molecule has 0 saturated heterocycles. The van der Waals surface area contributed by atoms with E-state index in [9.17, 15) is 0 Å². The molecule has 1 N–H and O–H groups in total. The SMILES string of the molecule is CCCNCC(C1=CCCCC1)C(CC)CC. The van der Waals surface area contributed by atoms with Gasteiger partial charge in [0.25, 0.3) is 0 Å². The van der Waals surface area contributed by atoms with E-state index in [4.69, 9.17) is 0 Å². The van der Waals surface area contributed by atoms with Crippen LogP contribution in [0, 0.1) is 11.8 Å². The fourth-order valence-electron chi connectivity index (χ4n) is 3.09. The van der Waals surface area contributed by atoms with Crippen LogP contribution in [0.5, 0.6) is 0 Å². The average molecular weight is 237 g/mol. The van der Waals surface area contributed by atoms with Crippen LogP contribution >= 0.6 is 0 Å². The van der Waals surface area contributed by atoms with E-state index in [0.717, 1.165) is 11.8 Å². The molecule has 0 aromatic heterocycles. The molecule has 0 saturated carbocycles. The van der Waals surface area contributed by atoms with Gasteiger partial charge in [0.05, 0.1) is 0 Å². The van der Waals surface area contributed by atoms with Crippen LogP contribution in [-0.4, -0.2) is 13.1 Å². The molecule has 0 spiro atoms. The molecule has 17 heavy (non-hydrogen) atoms. The highest BCUT2D eigenvalue weighted by atomic mass is 14.9. The molecule has 0 fully saturated rings. The summed E-state index contributed by atoms with van der Waals surface area (Å²) in [5, 5.41) is 3.64. The average Bonchev–Trinajstić information content (AvgIpc) is 2.39. The van der Waals surface area contributed by atoms with E-state index < -0.39 is 0 Å². The Morgan fingerprint density at radius 2 is 1.94 bits per heavy atom. The minimum Gasteiger partial charge on any atom is -0.316 e. The summed E-state index contributed by atoms with van der Waals surface area (Å²) in [6, 6.07) is 0. The second-order valence-electron chi connectivity index (χ2n) is 5.41. The van der Waals surface area contributed by atoms with Crippen molar-refractivity contribution in [2.24, 2.45) is 11.8 Å². The monoisotopic (exact) mass is 237 g/mol. The Morgan fingerprint density at radius 1 is 1.18 bits per heavy atom. The highest BCUT2D eigenvalue weighted by molar-refractivity contribution is 5.11. The molecule has 0 aromatic carbocycles. The van der Waals surface area contributed by atoms with Crippen LogP contribution < -0.4 is 5.32 Å². The van der Waals surface area contributed by atoms with Gasteiger partial charge in [-0.05, 0) is 50.5 Å². The van der Waals surface area contributed by atoms with Gasteiger partial charge in [0.1, 0.15) is 0 Å². The molecule has 0 amide bonds. The van der Waals surface area contributed by atoms with Gasteiger partial charge in [-0.3, -0.25) is 0 Å². The Bertz CT molecular complexity index is 216. The van der Waals surface area contributed by atoms with Gasteiger partial charge in [-0.15, -0.1) is 0 Å². The van der Waals surface area contributed by atoms with Gasteiger partial charge in [0, 0.05) is 6.54 Å². The Balaban J connectivity index is 2.59. The van der Waals surface area contributed by atoms with Crippen LogP contribution in [-0.2, 0) is 0 Å². The first-order valence-corrected chi connectivity index (χ1v) is 7.73. The standard InChI is InChI=1S/C16H31N/c1-4-12-17-13-16(14(5-2)6-3)15-10-8-7-9-11-15/h10,14,16-17H,4-9,11-13H2,1-3H3. The number of rotatable bonds is 8. The summed E-state index contributed by atoms with van der Waals surface area (Å²) in [7, 11) is 0. The maximum Gasteiger partial charge on any atom is 0.00195 e. The van der Waals surface area contributed by atoms with Gasteiger partial charge in [-0.25, -0.2) is 0 Å². The Hall–Kier alpha value is -0.300. The molecular weight excluding hydrogens is 206 g/mol. The molecule has 0 aromatic rings. The molecule has 1 aliphatic rings. The quantitative estimate of drug-likeness (QED) is 0.483. The van der Waals surface area contributed by atoms with Crippen LogP contribution in [0.4, 0.5) is 0 Å². The first-order valence-electron chi connectivity index (χ1n) is 7.73. The molecule has 1 unspecified atom stereocenters. The zero-order valence-electron chi connectivity index (χ0n) is 12.1. The molecule has 1 atom stereocenters. The molecule has 100 valence electrons. The van der Waals surface area contributed by atoms with Crippen molar-refractivity contribution < 1.29 is 0 Å². The highest BCUT2D eigenvalue weighted by Gasteiger charge is 2.22. The third kappa shape index (κ3) is 4.83. The number of allylic oxidation sites excluding steroid dienone is 1. The maximum atomic E-state index is 3.64. The van der Waals surface area contributed by atoms with Crippen LogP contribution in [0.3, 0.4) is 0 Å². The van der Waals surface area contributed by atoms with E-state index in [0.29, 0.717) is 0 Å². The number of hydrogen-bond acceptors (Lipinski definition) is 1. The van der Waals surface area contributed by atoms with Crippen molar-refractivity contribution in [3.63, 3.8) is 0 Å². The van der Waals surface area contributed by atoms with Gasteiger partial charge in [0.2, 0.25) is 0 Å². The molecule has 1 rings (SSSR count). The Morgan fingerprint density at radius 3 is 2.47 bits per heavy atom. The first kappa shape index (κ1) is 14.8. The van der Waals surface area contributed by atoms with Crippen molar-refractivity contribution in [1.82, 2.24) is 5.32 Å². The lowest BCUT2D eigenvalue weighted by Crippen LogP contribution is -2.30. The minimum absolute atomic E-state index is 0.803. The lowest BCUT2D eigenvalue weighted by Gasteiger charge is -2.30. The van der Waals surface area contributed by atoms with Gasteiger partial charge in [-0.2, -0.15) is 0 Å². The summed E-state index contributed by atoms with van der Waals surface area (Å²) in [4.78, 5) is 0. The largest absolute Gasteiger partial charge is 0.316 e. The van der Waals surface area contributed by atoms with E-state index >= 15 is 0 Å². The first-order chi connectivity index (χ1) is 8.33. The van der Waals surface area contributed by atoms with Crippen molar-refractivity contribution in [2.75, 3.05) is 13.1 Å². The summed E-state index contributed by atoms with van der Waals surface area (Å²) in [6.45, 7) is 9.32. The van der Waals surface area contributed by atoms with Gasteiger partial charge < -0.3 is 5.32 Å². The van der Waals surface area contributed by atoms with Crippen LogP contribution in [0.25, 0.3) is 0 Å². The molecule has 0 radical (unpaired) electrons. The third-order valence-electron chi connectivity index (χ3n) is 4.21. The van der Waals surface area contributed by atoms with Crippen molar-refractivity contribution >= 4 is 0 Å².